The molecule has 0 saturated carbocycles. The van der Waals surface area contributed by atoms with Crippen LogP contribution in [0.2, 0.25) is 0 Å². The molecule has 0 spiro atoms. The summed E-state index contributed by atoms with van der Waals surface area (Å²) in [5.74, 6) is -0.671. The predicted molar refractivity (Wildman–Crippen MR) is 92.3 cm³/mol. The number of imidazole rings is 1. The molecule has 0 atom stereocenters. The molecule has 1 amide bonds. The maximum atomic E-state index is 13.7. The molecule has 1 aromatic carbocycles. The average molecular weight is 347 g/mol. The summed E-state index contributed by atoms with van der Waals surface area (Å²) in [4.78, 5) is 30.7. The molecule has 0 fully saturated rings. The number of fused-ring (bicyclic) bond motifs is 3. The Kier molecular flexibility index (Phi) is 3.91. The largest absolute Gasteiger partial charge is 0.340 e. The zero-order valence-electron chi connectivity index (χ0n) is 14.0. The third-order valence-electron chi connectivity index (χ3n) is 3.62. The van der Waals surface area contributed by atoms with E-state index in [1.807, 2.05) is 0 Å². The standard InChI is InChI=1S/C17H18FN3O2S/c1-17(2,3)9-20(4)15(23)14-7-21-13-5-10(8-22)11(18)6-12(13)19-16(21)24-14/h5-8H,9H2,1-4H3. The van der Waals surface area contributed by atoms with E-state index >= 15 is 0 Å². The maximum absolute atomic E-state index is 13.7. The van der Waals surface area contributed by atoms with E-state index in [0.717, 1.165) is 0 Å². The quantitative estimate of drug-likeness (QED) is 0.680. The first-order valence-corrected chi connectivity index (χ1v) is 8.33. The van der Waals surface area contributed by atoms with E-state index in [9.17, 15) is 14.0 Å². The molecular formula is C17H18FN3O2S. The van der Waals surface area contributed by atoms with Crippen molar-refractivity contribution >= 4 is 39.5 Å². The van der Waals surface area contributed by atoms with Crippen molar-refractivity contribution in [3.8, 4) is 0 Å². The van der Waals surface area contributed by atoms with E-state index in [1.165, 1.54) is 23.5 Å². The van der Waals surface area contributed by atoms with Crippen molar-refractivity contribution in [2.24, 2.45) is 5.41 Å². The van der Waals surface area contributed by atoms with Gasteiger partial charge in [0.25, 0.3) is 5.91 Å². The Bertz CT molecular complexity index is 952. The van der Waals surface area contributed by atoms with Crippen molar-refractivity contribution in [1.29, 1.82) is 0 Å². The van der Waals surface area contributed by atoms with Gasteiger partial charge in [-0.05, 0) is 11.5 Å². The average Bonchev–Trinajstić information content (AvgIpc) is 3.01. The Morgan fingerprint density at radius 2 is 2.12 bits per heavy atom. The lowest BCUT2D eigenvalue weighted by atomic mass is 9.96. The summed E-state index contributed by atoms with van der Waals surface area (Å²) in [5, 5.41) is 0. The Labute approximate surface area is 142 Å². The molecule has 126 valence electrons. The molecule has 0 aliphatic heterocycles. The number of rotatable bonds is 3. The van der Waals surface area contributed by atoms with E-state index in [2.05, 4.69) is 25.8 Å². The Balaban J connectivity index is 2.03. The van der Waals surface area contributed by atoms with Gasteiger partial charge in [-0.2, -0.15) is 0 Å². The topological polar surface area (TPSA) is 54.7 Å². The molecule has 0 radical (unpaired) electrons. The van der Waals surface area contributed by atoms with E-state index in [0.29, 0.717) is 33.7 Å². The van der Waals surface area contributed by atoms with Crippen LogP contribution in [0.25, 0.3) is 16.0 Å². The second-order valence-electron chi connectivity index (χ2n) is 7.06. The van der Waals surface area contributed by atoms with Crippen molar-refractivity contribution in [3.05, 3.63) is 34.6 Å². The SMILES string of the molecule is CN(CC(C)(C)C)C(=O)c1cn2c(nc3cc(F)c(C=O)cc32)s1. The number of halogens is 1. The van der Waals surface area contributed by atoms with Crippen LogP contribution in [-0.4, -0.2) is 40.1 Å². The molecule has 24 heavy (non-hydrogen) atoms. The lowest BCUT2D eigenvalue weighted by Gasteiger charge is -2.26. The fourth-order valence-corrected chi connectivity index (χ4v) is 3.70. The number of nitrogens with zero attached hydrogens (tertiary/aromatic N) is 3. The highest BCUT2D eigenvalue weighted by molar-refractivity contribution is 7.18. The van der Waals surface area contributed by atoms with Crippen LogP contribution in [0.15, 0.2) is 18.3 Å². The Morgan fingerprint density at radius 3 is 2.75 bits per heavy atom. The molecule has 2 heterocycles. The van der Waals surface area contributed by atoms with Gasteiger partial charge in [0.2, 0.25) is 0 Å². The minimum atomic E-state index is -0.593. The molecule has 3 aromatic rings. The Hall–Kier alpha value is -2.28. The van der Waals surface area contributed by atoms with Crippen LogP contribution in [0.3, 0.4) is 0 Å². The monoisotopic (exact) mass is 347 g/mol. The van der Waals surface area contributed by atoms with Crippen LogP contribution in [-0.2, 0) is 0 Å². The van der Waals surface area contributed by atoms with E-state index in [1.54, 1.807) is 22.5 Å². The van der Waals surface area contributed by atoms with Gasteiger partial charge < -0.3 is 4.90 Å². The summed E-state index contributed by atoms with van der Waals surface area (Å²) in [6.07, 6.45) is 2.17. The first-order chi connectivity index (χ1) is 11.2. The highest BCUT2D eigenvalue weighted by Crippen LogP contribution is 2.27. The first kappa shape index (κ1) is 16.6. The summed E-state index contributed by atoms with van der Waals surface area (Å²) in [6, 6.07) is 2.70. The molecule has 0 unspecified atom stereocenters. The van der Waals surface area contributed by atoms with Gasteiger partial charge in [-0.15, -0.1) is 0 Å². The fourth-order valence-electron chi connectivity index (χ4n) is 2.71. The maximum Gasteiger partial charge on any atom is 0.265 e. The zero-order valence-corrected chi connectivity index (χ0v) is 14.8. The third kappa shape index (κ3) is 2.91. The summed E-state index contributed by atoms with van der Waals surface area (Å²) in [7, 11) is 1.77. The molecule has 7 heteroatoms. The number of hydrogen-bond donors (Lipinski definition) is 0. The van der Waals surface area contributed by atoms with E-state index < -0.39 is 5.82 Å². The van der Waals surface area contributed by atoms with Gasteiger partial charge >= 0.3 is 0 Å². The van der Waals surface area contributed by atoms with Gasteiger partial charge in [0, 0.05) is 25.9 Å². The van der Waals surface area contributed by atoms with Gasteiger partial charge in [0.1, 0.15) is 10.7 Å². The number of hydrogen-bond acceptors (Lipinski definition) is 4. The van der Waals surface area contributed by atoms with Crippen LogP contribution < -0.4 is 0 Å². The van der Waals surface area contributed by atoms with E-state index in [4.69, 9.17) is 0 Å². The lowest BCUT2D eigenvalue weighted by molar-refractivity contribution is 0.0750. The van der Waals surface area contributed by atoms with Gasteiger partial charge in [0.15, 0.2) is 11.2 Å². The predicted octanol–water partition coefficient (Wildman–Crippen LogP) is 3.62. The van der Waals surface area contributed by atoms with Gasteiger partial charge in [-0.25, -0.2) is 9.37 Å². The van der Waals surface area contributed by atoms with Gasteiger partial charge in [-0.1, -0.05) is 32.1 Å². The van der Waals surface area contributed by atoms with Gasteiger partial charge in [0.05, 0.1) is 16.6 Å². The highest BCUT2D eigenvalue weighted by atomic mass is 32.1. The zero-order chi connectivity index (χ0) is 17.6. The summed E-state index contributed by atoms with van der Waals surface area (Å²) in [5.41, 5.74) is 1.06. The molecule has 0 bridgehead atoms. The number of thiazole rings is 1. The summed E-state index contributed by atoms with van der Waals surface area (Å²) in [6.45, 7) is 6.84. The van der Waals surface area contributed by atoms with Crippen LogP contribution >= 0.6 is 11.3 Å². The second kappa shape index (κ2) is 5.66. The van der Waals surface area contributed by atoms with Crippen LogP contribution in [0.4, 0.5) is 4.39 Å². The number of amides is 1. The molecule has 0 aliphatic carbocycles. The second-order valence-corrected chi connectivity index (χ2v) is 8.07. The summed E-state index contributed by atoms with van der Waals surface area (Å²) >= 11 is 1.25. The van der Waals surface area contributed by atoms with Gasteiger partial charge in [-0.3, -0.25) is 14.0 Å². The highest BCUT2D eigenvalue weighted by Gasteiger charge is 2.22. The van der Waals surface area contributed by atoms with Crippen LogP contribution in [0.5, 0.6) is 0 Å². The molecule has 3 rings (SSSR count). The number of aromatic nitrogens is 2. The normalized spacial score (nSPS) is 12.0. The minimum Gasteiger partial charge on any atom is -0.340 e. The fraction of sp³-hybridized carbons (Fsp3) is 0.353. The number of carbonyl (C=O) groups excluding carboxylic acids is 2. The third-order valence-corrected chi connectivity index (χ3v) is 4.59. The number of benzene rings is 1. The lowest BCUT2D eigenvalue weighted by Crippen LogP contribution is -2.34. The minimum absolute atomic E-state index is 0.00487. The number of aldehydes is 1. The molecule has 0 aliphatic rings. The molecule has 2 aromatic heterocycles. The van der Waals surface area contributed by atoms with Crippen LogP contribution in [0.1, 0.15) is 40.8 Å². The van der Waals surface area contributed by atoms with Crippen molar-refractivity contribution in [2.45, 2.75) is 20.8 Å². The van der Waals surface area contributed by atoms with Crippen molar-refractivity contribution in [1.82, 2.24) is 14.3 Å². The van der Waals surface area contributed by atoms with Crippen LogP contribution in [0, 0.1) is 11.2 Å². The first-order valence-electron chi connectivity index (χ1n) is 7.51. The number of carbonyl (C=O) groups is 2. The molecule has 0 N–H and O–H groups in total. The summed E-state index contributed by atoms with van der Waals surface area (Å²) < 4.78 is 15.4. The molecule has 5 nitrogen and oxygen atoms in total. The smallest absolute Gasteiger partial charge is 0.265 e. The Morgan fingerprint density at radius 1 is 1.42 bits per heavy atom. The van der Waals surface area contributed by atoms with Crippen molar-refractivity contribution in [2.75, 3.05) is 13.6 Å². The van der Waals surface area contributed by atoms with E-state index in [-0.39, 0.29) is 16.9 Å². The molecular weight excluding hydrogens is 329 g/mol. The molecule has 0 saturated heterocycles. The van der Waals surface area contributed by atoms with Crippen molar-refractivity contribution < 1.29 is 14.0 Å². The van der Waals surface area contributed by atoms with Crippen molar-refractivity contribution in [3.63, 3.8) is 0 Å².